The molecule has 2 aliphatic rings. The highest BCUT2D eigenvalue weighted by Crippen LogP contribution is 2.52. The maximum absolute atomic E-state index is 12.2. The summed E-state index contributed by atoms with van der Waals surface area (Å²) >= 11 is 0. The molecule has 0 aromatic carbocycles. The number of aromatic nitrogens is 2. The van der Waals surface area contributed by atoms with E-state index in [0.29, 0.717) is 12.8 Å². The van der Waals surface area contributed by atoms with Crippen LogP contribution in [0, 0.1) is 5.92 Å². The van der Waals surface area contributed by atoms with Gasteiger partial charge >= 0.3 is 13.5 Å². The van der Waals surface area contributed by atoms with Gasteiger partial charge in [0.15, 0.2) is 11.5 Å². The predicted molar refractivity (Wildman–Crippen MR) is 80.1 cm³/mol. The molecule has 1 aliphatic carbocycles. The number of phosphoric ester groups is 1. The Labute approximate surface area is 136 Å². The van der Waals surface area contributed by atoms with Crippen molar-refractivity contribution in [2.24, 2.45) is 5.92 Å². The van der Waals surface area contributed by atoms with Crippen molar-refractivity contribution in [2.75, 3.05) is 6.61 Å². The topological polar surface area (TPSA) is 140 Å². The van der Waals surface area contributed by atoms with Crippen molar-refractivity contribution in [1.29, 1.82) is 0 Å². The molecule has 0 radical (unpaired) electrons. The third-order valence-corrected chi connectivity index (χ3v) is 4.75. The smallest absolute Gasteiger partial charge is 0.342 e. The molecule has 3 unspecified atom stereocenters. The molecule has 0 amide bonds. The highest BCUT2D eigenvalue weighted by atomic mass is 31.2. The second-order valence-corrected chi connectivity index (χ2v) is 7.69. The first-order valence-corrected chi connectivity index (χ1v) is 8.96. The third-order valence-electron chi connectivity index (χ3n) is 4.27. The van der Waals surface area contributed by atoms with Gasteiger partial charge in [0, 0.05) is 18.2 Å². The van der Waals surface area contributed by atoms with Crippen LogP contribution in [0.25, 0.3) is 0 Å². The molecule has 0 bridgehead atoms. The third kappa shape index (κ3) is 3.13. The molecule has 3 N–H and O–H groups in total. The van der Waals surface area contributed by atoms with E-state index < -0.39 is 36.7 Å². The van der Waals surface area contributed by atoms with E-state index in [1.807, 2.05) is 0 Å². The molecule has 3 rings (SSSR count). The lowest BCUT2D eigenvalue weighted by Crippen LogP contribution is -2.48. The van der Waals surface area contributed by atoms with Gasteiger partial charge < -0.3 is 19.3 Å². The molecule has 0 spiro atoms. The van der Waals surface area contributed by atoms with Crippen molar-refractivity contribution in [3.63, 3.8) is 0 Å². The molecule has 24 heavy (non-hydrogen) atoms. The lowest BCUT2D eigenvalue weighted by Gasteiger charge is -2.30. The fraction of sp³-hybridized carbons (Fsp3) is 0.692. The minimum atomic E-state index is -4.61. The summed E-state index contributed by atoms with van der Waals surface area (Å²) in [5.74, 6) is -1.38. The van der Waals surface area contributed by atoms with Crippen molar-refractivity contribution in [3.8, 4) is 0 Å². The van der Waals surface area contributed by atoms with Gasteiger partial charge in [-0.3, -0.25) is 18.9 Å². The molecular formula is C13H19N2O8P. The summed E-state index contributed by atoms with van der Waals surface area (Å²) in [4.78, 5) is 43.5. The Bertz CT molecular complexity index is 796. The van der Waals surface area contributed by atoms with Crippen LogP contribution in [0.4, 0.5) is 0 Å². The van der Waals surface area contributed by atoms with Gasteiger partial charge in [0.05, 0.1) is 6.61 Å². The molecule has 10 nitrogen and oxygen atoms in total. The number of hydrogen-bond acceptors (Lipinski definition) is 6. The highest BCUT2D eigenvalue weighted by molar-refractivity contribution is 7.46. The van der Waals surface area contributed by atoms with E-state index in [4.69, 9.17) is 19.3 Å². The Kier molecular flexibility index (Phi) is 4.10. The van der Waals surface area contributed by atoms with Gasteiger partial charge in [-0.25, -0.2) is 9.36 Å². The second kappa shape index (κ2) is 5.62. The van der Waals surface area contributed by atoms with E-state index in [2.05, 4.69) is 9.51 Å². The number of hydrogen-bond donors (Lipinski definition) is 3. The molecule has 1 saturated carbocycles. The zero-order chi connectivity index (χ0) is 17.8. The largest absolute Gasteiger partial charge is 0.469 e. The van der Waals surface area contributed by atoms with E-state index in [1.165, 1.54) is 16.8 Å². The lowest BCUT2D eigenvalue weighted by molar-refractivity contribution is -0.189. The van der Waals surface area contributed by atoms with Crippen molar-refractivity contribution >= 4 is 7.82 Å². The van der Waals surface area contributed by atoms with Crippen LogP contribution >= 0.6 is 7.82 Å². The molecule has 134 valence electrons. The number of rotatable bonds is 4. The summed E-state index contributed by atoms with van der Waals surface area (Å²) in [6.07, 6.45) is 1.54. The Balaban J connectivity index is 1.97. The van der Waals surface area contributed by atoms with E-state index >= 15 is 0 Å². The summed E-state index contributed by atoms with van der Waals surface area (Å²) in [5, 5.41) is 0. The average molecular weight is 362 g/mol. The number of nitrogens with zero attached hydrogens (tertiary/aromatic N) is 1. The average Bonchev–Trinajstić information content (AvgIpc) is 2.86. The monoisotopic (exact) mass is 362 g/mol. The standard InChI is InChI=1S/C13H19N2O8P/c1-12(2)22-10-8(7-21-24(18,19)20)3-5-13(10,23-12)15-6-4-9(16)14-11(15)17/h4,6,8,10H,3,5,7H2,1-2H3,(H,14,16,17)(H2,18,19,20). The summed E-state index contributed by atoms with van der Waals surface area (Å²) in [5.41, 5.74) is -2.32. The van der Waals surface area contributed by atoms with Crippen molar-refractivity contribution < 1.29 is 28.3 Å². The minimum absolute atomic E-state index is 0.228. The van der Waals surface area contributed by atoms with Gasteiger partial charge in [0.25, 0.3) is 5.56 Å². The molecule has 3 atom stereocenters. The molecule has 1 aliphatic heterocycles. The SMILES string of the molecule is CC1(C)OC2C(COP(=O)(O)O)CCC2(n2ccc(=O)[nH]c2=O)O1. The first-order chi connectivity index (χ1) is 11.0. The van der Waals surface area contributed by atoms with Gasteiger partial charge in [0.1, 0.15) is 6.10 Å². The molecule has 11 heteroatoms. The van der Waals surface area contributed by atoms with E-state index in [0.717, 1.165) is 0 Å². The molecule has 1 aromatic rings. The van der Waals surface area contributed by atoms with Crippen LogP contribution < -0.4 is 11.2 Å². The first-order valence-electron chi connectivity index (χ1n) is 7.43. The zero-order valence-corrected chi connectivity index (χ0v) is 14.1. The molecular weight excluding hydrogens is 343 g/mol. The van der Waals surface area contributed by atoms with E-state index in [1.54, 1.807) is 13.8 Å². The highest BCUT2D eigenvalue weighted by Gasteiger charge is 2.61. The zero-order valence-electron chi connectivity index (χ0n) is 13.2. The van der Waals surface area contributed by atoms with Crippen LogP contribution in [0.1, 0.15) is 26.7 Å². The molecule has 2 heterocycles. The minimum Gasteiger partial charge on any atom is -0.342 e. The van der Waals surface area contributed by atoms with Crippen LogP contribution in [-0.4, -0.2) is 37.8 Å². The van der Waals surface area contributed by atoms with Crippen LogP contribution in [0.3, 0.4) is 0 Å². The Morgan fingerprint density at radius 1 is 1.46 bits per heavy atom. The second-order valence-electron chi connectivity index (χ2n) is 6.45. The first kappa shape index (κ1) is 17.5. The van der Waals surface area contributed by atoms with Crippen LogP contribution in [0.2, 0.25) is 0 Å². The fourth-order valence-electron chi connectivity index (χ4n) is 3.49. The number of ether oxygens (including phenoxy) is 2. The van der Waals surface area contributed by atoms with Crippen molar-refractivity contribution in [2.45, 2.75) is 44.3 Å². The van der Waals surface area contributed by atoms with Gasteiger partial charge in [0.2, 0.25) is 0 Å². The number of H-pyrrole nitrogens is 1. The van der Waals surface area contributed by atoms with Crippen LogP contribution in [-0.2, 0) is 24.3 Å². The number of nitrogens with one attached hydrogen (secondary N) is 1. The van der Waals surface area contributed by atoms with Crippen molar-refractivity contribution in [3.05, 3.63) is 33.1 Å². The Hall–Kier alpha value is -1.29. The number of fused-ring (bicyclic) bond motifs is 1. The Morgan fingerprint density at radius 3 is 2.79 bits per heavy atom. The molecule has 2 fully saturated rings. The lowest BCUT2D eigenvalue weighted by atomic mass is 10.0. The fourth-order valence-corrected chi connectivity index (χ4v) is 3.88. The maximum atomic E-state index is 12.2. The summed E-state index contributed by atoms with van der Waals surface area (Å²) in [6.45, 7) is 3.14. The van der Waals surface area contributed by atoms with Gasteiger partial charge in [-0.2, -0.15) is 0 Å². The summed E-state index contributed by atoms with van der Waals surface area (Å²) < 4.78 is 28.7. The number of phosphoric acid groups is 1. The van der Waals surface area contributed by atoms with Gasteiger partial charge in [-0.15, -0.1) is 0 Å². The van der Waals surface area contributed by atoms with E-state index in [9.17, 15) is 14.2 Å². The summed E-state index contributed by atoms with van der Waals surface area (Å²) in [7, 11) is -4.61. The van der Waals surface area contributed by atoms with Crippen LogP contribution in [0.15, 0.2) is 21.9 Å². The number of aromatic amines is 1. The van der Waals surface area contributed by atoms with E-state index in [-0.39, 0.29) is 12.5 Å². The van der Waals surface area contributed by atoms with Gasteiger partial charge in [-0.1, -0.05) is 0 Å². The van der Waals surface area contributed by atoms with Crippen molar-refractivity contribution in [1.82, 2.24) is 9.55 Å². The van der Waals surface area contributed by atoms with Crippen LogP contribution in [0.5, 0.6) is 0 Å². The normalized spacial score (nSPS) is 32.0. The molecule has 1 saturated heterocycles. The molecule has 1 aromatic heterocycles. The summed E-state index contributed by atoms with van der Waals surface area (Å²) in [6, 6.07) is 1.21. The quantitative estimate of drug-likeness (QED) is 0.629. The predicted octanol–water partition coefficient (Wildman–Crippen LogP) is -0.140. The Morgan fingerprint density at radius 2 is 2.17 bits per heavy atom. The maximum Gasteiger partial charge on any atom is 0.469 e. The van der Waals surface area contributed by atoms with Gasteiger partial charge in [-0.05, 0) is 26.7 Å².